The van der Waals surface area contributed by atoms with Crippen molar-refractivity contribution in [3.05, 3.63) is 0 Å². The number of nitrogens with two attached hydrogens (primary N) is 1. The molecule has 1 aromatic rings. The normalized spacial score (nSPS) is 27.7. The van der Waals surface area contributed by atoms with Gasteiger partial charge in [0.2, 0.25) is 0 Å². The molecule has 5 nitrogen and oxygen atoms in total. The topological polar surface area (TPSA) is 76.3 Å². The molecule has 1 aromatic heterocycles. The second kappa shape index (κ2) is 4.09. The maximum atomic E-state index is 11.8. The van der Waals surface area contributed by atoms with E-state index in [4.69, 9.17) is 5.73 Å². The third-order valence-corrected chi connectivity index (χ3v) is 6.24. The van der Waals surface area contributed by atoms with Crippen LogP contribution in [0.2, 0.25) is 0 Å². The smallest absolute Gasteiger partial charge is 0.182 e. The van der Waals surface area contributed by atoms with Gasteiger partial charge in [-0.1, -0.05) is 6.42 Å². The van der Waals surface area contributed by atoms with Crippen LogP contribution in [0.1, 0.15) is 19.3 Å². The summed E-state index contributed by atoms with van der Waals surface area (Å²) >= 11 is 1.21. The highest BCUT2D eigenvalue weighted by atomic mass is 32.2. The first-order valence-electron chi connectivity index (χ1n) is 6.17. The average Bonchev–Trinajstić information content (AvgIpc) is 2.86. The fourth-order valence-electron chi connectivity index (χ4n) is 3.24. The molecule has 0 aromatic carbocycles. The van der Waals surface area contributed by atoms with Gasteiger partial charge in [-0.15, -0.1) is 0 Å². The number of aromatic nitrogens is 1. The third-order valence-electron chi connectivity index (χ3n) is 4.04. The molecule has 2 N–H and O–H groups in total. The predicted molar refractivity (Wildman–Crippen MR) is 72.7 cm³/mol. The molecule has 2 fully saturated rings. The highest BCUT2D eigenvalue weighted by Crippen LogP contribution is 2.43. The van der Waals surface area contributed by atoms with Gasteiger partial charge in [-0.05, 0) is 36.2 Å². The zero-order chi connectivity index (χ0) is 12.9. The van der Waals surface area contributed by atoms with Gasteiger partial charge in [-0.25, -0.2) is 8.42 Å². The van der Waals surface area contributed by atoms with E-state index in [1.807, 2.05) is 0 Å². The van der Waals surface area contributed by atoms with E-state index in [9.17, 15) is 8.42 Å². The van der Waals surface area contributed by atoms with Crippen LogP contribution in [0.5, 0.6) is 0 Å². The van der Waals surface area contributed by atoms with Crippen LogP contribution < -0.4 is 10.6 Å². The van der Waals surface area contributed by atoms with Gasteiger partial charge in [-0.3, -0.25) is 0 Å². The third kappa shape index (κ3) is 1.89. The number of hydrogen-bond donors (Lipinski definition) is 1. The van der Waals surface area contributed by atoms with Gasteiger partial charge < -0.3 is 10.6 Å². The molecule has 1 saturated carbocycles. The summed E-state index contributed by atoms with van der Waals surface area (Å²) in [5.41, 5.74) is 5.70. The summed E-state index contributed by atoms with van der Waals surface area (Å²) < 4.78 is 27.6. The Balaban J connectivity index is 1.95. The highest BCUT2D eigenvalue weighted by molar-refractivity contribution is 7.91. The van der Waals surface area contributed by atoms with Crippen molar-refractivity contribution in [2.24, 2.45) is 11.8 Å². The molecular weight excluding hydrogens is 270 g/mol. The van der Waals surface area contributed by atoms with Crippen molar-refractivity contribution in [3.63, 3.8) is 0 Å². The summed E-state index contributed by atoms with van der Waals surface area (Å²) in [6.07, 6.45) is 5.05. The Kier molecular flexibility index (Phi) is 2.78. The number of fused-ring (bicyclic) bond motifs is 1. The van der Waals surface area contributed by atoms with Gasteiger partial charge in [0.05, 0.1) is 0 Å². The van der Waals surface area contributed by atoms with Crippen molar-refractivity contribution >= 4 is 32.2 Å². The Morgan fingerprint density at radius 1 is 1.33 bits per heavy atom. The Labute approximate surface area is 111 Å². The minimum atomic E-state index is -3.30. The predicted octanol–water partition coefficient (Wildman–Crippen LogP) is 1.37. The first kappa shape index (κ1) is 12.2. The van der Waals surface area contributed by atoms with E-state index in [0.717, 1.165) is 29.9 Å². The monoisotopic (exact) mass is 287 g/mol. The number of anilines is 2. The fraction of sp³-hybridized carbons (Fsp3) is 0.727. The standard InChI is InChI=1S/C11H17N3O2S2/c1-18(15,16)9-10(12)13-17-11(9)14-5-7-3-2-4-8(7)6-14/h7-8H,2-6H2,1H3,(H2,12,13). The lowest BCUT2D eigenvalue weighted by atomic mass is 10.0. The largest absolute Gasteiger partial charge is 0.382 e. The van der Waals surface area contributed by atoms with E-state index >= 15 is 0 Å². The van der Waals surface area contributed by atoms with E-state index in [0.29, 0.717) is 0 Å². The number of nitrogens with zero attached hydrogens (tertiary/aromatic N) is 2. The van der Waals surface area contributed by atoms with Gasteiger partial charge in [0.25, 0.3) is 0 Å². The minimum Gasteiger partial charge on any atom is -0.382 e. The summed E-state index contributed by atoms with van der Waals surface area (Å²) in [6.45, 7) is 1.91. The molecule has 2 heterocycles. The molecular formula is C11H17N3O2S2. The molecule has 1 aliphatic carbocycles. The van der Waals surface area contributed by atoms with E-state index in [2.05, 4.69) is 9.27 Å². The van der Waals surface area contributed by atoms with Crippen LogP contribution in [0.15, 0.2) is 4.90 Å². The molecule has 3 rings (SSSR count). The molecule has 0 amide bonds. The van der Waals surface area contributed by atoms with Crippen molar-refractivity contribution in [1.29, 1.82) is 0 Å². The Bertz CT molecular complexity index is 555. The SMILES string of the molecule is CS(=O)(=O)c1c(N)nsc1N1CC2CCCC2C1. The average molecular weight is 287 g/mol. The Morgan fingerprint density at radius 2 is 1.94 bits per heavy atom. The van der Waals surface area contributed by atoms with Gasteiger partial charge in [0.1, 0.15) is 9.90 Å². The quantitative estimate of drug-likeness (QED) is 0.889. The second-order valence-electron chi connectivity index (χ2n) is 5.33. The van der Waals surface area contributed by atoms with Gasteiger partial charge in [0, 0.05) is 19.3 Å². The van der Waals surface area contributed by atoms with Crippen LogP contribution >= 0.6 is 11.5 Å². The summed E-state index contributed by atoms with van der Waals surface area (Å²) in [4.78, 5) is 2.39. The zero-order valence-corrected chi connectivity index (χ0v) is 11.9. The molecule has 7 heteroatoms. The lowest BCUT2D eigenvalue weighted by molar-refractivity contribution is 0.494. The van der Waals surface area contributed by atoms with E-state index in [1.165, 1.54) is 37.1 Å². The van der Waals surface area contributed by atoms with E-state index in [-0.39, 0.29) is 10.7 Å². The second-order valence-corrected chi connectivity index (χ2v) is 8.03. The molecule has 2 atom stereocenters. The lowest BCUT2D eigenvalue weighted by Crippen LogP contribution is -2.21. The lowest BCUT2D eigenvalue weighted by Gasteiger charge is -2.18. The molecule has 2 aliphatic rings. The van der Waals surface area contributed by atoms with Crippen LogP contribution in [0.4, 0.5) is 10.8 Å². The highest BCUT2D eigenvalue weighted by Gasteiger charge is 2.38. The molecule has 2 unspecified atom stereocenters. The van der Waals surface area contributed by atoms with Crippen LogP contribution in [0.25, 0.3) is 0 Å². The molecule has 0 radical (unpaired) electrons. The molecule has 0 spiro atoms. The van der Waals surface area contributed by atoms with E-state index < -0.39 is 9.84 Å². The number of nitrogen functional groups attached to an aromatic ring is 1. The summed E-state index contributed by atoms with van der Waals surface area (Å²) in [5.74, 6) is 1.59. The number of hydrogen-bond acceptors (Lipinski definition) is 6. The number of rotatable bonds is 2. The van der Waals surface area contributed by atoms with Crippen LogP contribution in [0.3, 0.4) is 0 Å². The fourth-order valence-corrected chi connectivity index (χ4v) is 5.46. The van der Waals surface area contributed by atoms with Crippen molar-refractivity contribution < 1.29 is 8.42 Å². The zero-order valence-electron chi connectivity index (χ0n) is 10.3. The maximum absolute atomic E-state index is 11.8. The summed E-state index contributed by atoms with van der Waals surface area (Å²) in [7, 11) is -3.30. The molecule has 18 heavy (non-hydrogen) atoms. The first-order valence-corrected chi connectivity index (χ1v) is 8.83. The Morgan fingerprint density at radius 3 is 2.50 bits per heavy atom. The van der Waals surface area contributed by atoms with Gasteiger partial charge in [-0.2, -0.15) is 4.37 Å². The van der Waals surface area contributed by atoms with Gasteiger partial charge >= 0.3 is 0 Å². The molecule has 1 saturated heterocycles. The Hall–Kier alpha value is -0.820. The summed E-state index contributed by atoms with van der Waals surface area (Å²) in [6, 6.07) is 0. The van der Waals surface area contributed by atoms with Crippen LogP contribution in [-0.2, 0) is 9.84 Å². The summed E-state index contributed by atoms with van der Waals surface area (Å²) in [5, 5.41) is 0.740. The van der Waals surface area contributed by atoms with Crippen molar-refractivity contribution in [1.82, 2.24) is 4.37 Å². The van der Waals surface area contributed by atoms with Gasteiger partial charge in [0.15, 0.2) is 15.7 Å². The van der Waals surface area contributed by atoms with Crippen molar-refractivity contribution in [2.75, 3.05) is 30.0 Å². The minimum absolute atomic E-state index is 0.148. The van der Waals surface area contributed by atoms with Crippen molar-refractivity contribution in [2.45, 2.75) is 24.2 Å². The van der Waals surface area contributed by atoms with Crippen LogP contribution in [-0.4, -0.2) is 32.1 Å². The first-order chi connectivity index (χ1) is 8.47. The van der Waals surface area contributed by atoms with Crippen LogP contribution in [0, 0.1) is 11.8 Å². The molecule has 1 aliphatic heterocycles. The number of sulfone groups is 1. The van der Waals surface area contributed by atoms with Crippen molar-refractivity contribution in [3.8, 4) is 0 Å². The molecule has 0 bridgehead atoms. The van der Waals surface area contributed by atoms with E-state index in [1.54, 1.807) is 0 Å². The molecule has 100 valence electrons. The maximum Gasteiger partial charge on any atom is 0.182 e.